The molecule has 0 amide bonds. The molecule has 2 aliphatic rings. The van der Waals surface area contributed by atoms with Crippen LogP contribution < -0.4 is 10.4 Å². The van der Waals surface area contributed by atoms with Crippen molar-refractivity contribution in [1.29, 1.82) is 0 Å². The van der Waals surface area contributed by atoms with Gasteiger partial charge in [0.25, 0.3) is 0 Å². The van der Waals surface area contributed by atoms with Crippen LogP contribution in [0.3, 0.4) is 0 Å². The topological polar surface area (TPSA) is 0 Å². The van der Waals surface area contributed by atoms with Crippen molar-refractivity contribution in [1.82, 2.24) is 0 Å². The average molecular weight is 1080 g/mol. The summed E-state index contributed by atoms with van der Waals surface area (Å²) in [6.45, 7) is 9.59. The number of unbranched alkanes of at least 4 members (excludes halogenated alkanes) is 4. The van der Waals surface area contributed by atoms with Gasteiger partial charge in [-0.2, -0.15) is 20.3 Å². The van der Waals surface area contributed by atoms with E-state index in [4.69, 9.17) is 0 Å². The summed E-state index contributed by atoms with van der Waals surface area (Å²) in [5.41, 5.74) is 15.6. The van der Waals surface area contributed by atoms with E-state index in [1.54, 1.807) is 85.3 Å². The largest absolute Gasteiger partial charge is 0.237 e. The Kier molecular flexibility index (Phi) is 15.5. The second-order valence-corrected chi connectivity index (χ2v) is 40.9. The highest BCUT2D eigenvalue weighted by Gasteiger charge is 2.48. The molecule has 78 heavy (non-hydrogen) atoms. The van der Waals surface area contributed by atoms with Crippen LogP contribution in [-0.4, -0.2) is 31.0 Å². The Labute approximate surface area is 470 Å². The molecule has 0 unspecified atom stereocenters. The van der Waals surface area contributed by atoms with Crippen LogP contribution in [0.4, 0.5) is 0 Å². The van der Waals surface area contributed by atoms with Gasteiger partial charge in [-0.15, -0.1) is 0 Å². The molecular weight excluding hydrogens is 1000 g/mol. The fourth-order valence-corrected chi connectivity index (χ4v) is 50.3. The lowest BCUT2D eigenvalue weighted by Crippen LogP contribution is -2.61. The minimum absolute atomic E-state index is 1.11. The van der Waals surface area contributed by atoms with Crippen molar-refractivity contribution in [3.63, 3.8) is 0 Å². The molecule has 0 N–H and O–H groups in total. The molecule has 0 saturated carbocycles. The van der Waals surface area contributed by atoms with Crippen LogP contribution in [0.25, 0.3) is 63.8 Å². The standard InChI is InChI=1S/C74H76Si4/c1-5-9-41-63-59-45-25-29-49-67(59)75(71(63)55-33-17-13-18-34-55)77(69-51-31-27-47-61(69)65(43-11-7-3)73(77)57-37-21-15-22-38-57)53-54-78(70-52-32-28-48-62(70)66(44-12-8-4)74(78)58-39-23-16-24-40-58)76-68-50-30-26-46-60(68)64(42-10-6-2)72(76)56-35-19-14-20-36-56/h13-40,45-52H,5-12,41-44,53-54H2,1-4H3/q-2/t77-,78+. The molecule has 2 aliphatic heterocycles. The SMILES string of the molecule is CCCCC1=C(c2ccccc2)[Si@](CC[Si@@]2([si-]3c(-c4ccccc4)c(CCCC)c4ccccc43)C(c3ccccc3)=C(CCCC)c3ccccc32)([si-]2c(-c3ccccc3)c(CCCC)c3ccccc32)c2ccccc21. The zero-order valence-electron chi connectivity index (χ0n) is 46.7. The molecule has 0 fully saturated rings. The van der Waals surface area contributed by atoms with Crippen molar-refractivity contribution in [2.75, 3.05) is 0 Å². The van der Waals surface area contributed by atoms with Crippen molar-refractivity contribution in [3.8, 4) is 21.5 Å². The van der Waals surface area contributed by atoms with Gasteiger partial charge in [0.15, 0.2) is 0 Å². The van der Waals surface area contributed by atoms with E-state index < -0.39 is 31.0 Å². The van der Waals surface area contributed by atoms with Gasteiger partial charge in [-0.25, -0.2) is 15.8 Å². The predicted octanol–water partition coefficient (Wildman–Crippen LogP) is 18.9. The van der Waals surface area contributed by atoms with E-state index in [9.17, 15) is 0 Å². The molecule has 0 spiro atoms. The maximum Gasteiger partial charge on any atom is -0.00692 e. The van der Waals surface area contributed by atoms with Crippen LogP contribution in [-0.2, 0) is 12.8 Å². The fraction of sp³-hybridized carbons (Fsp3) is 0.243. The lowest BCUT2D eigenvalue weighted by molar-refractivity contribution is 0.801. The Morgan fingerprint density at radius 3 is 0.987 bits per heavy atom. The molecule has 4 heteroatoms. The van der Waals surface area contributed by atoms with Crippen molar-refractivity contribution in [2.24, 2.45) is 0 Å². The van der Waals surface area contributed by atoms with Gasteiger partial charge in [-0.05, 0) is 99.9 Å². The quantitative estimate of drug-likeness (QED) is 0.0629. The van der Waals surface area contributed by atoms with Crippen LogP contribution in [0, 0.1) is 0 Å². The second-order valence-electron chi connectivity index (χ2n) is 22.5. The first-order valence-corrected chi connectivity index (χ1v) is 39.3. The summed E-state index contributed by atoms with van der Waals surface area (Å²) in [5.74, 6) is 0. The molecule has 0 aliphatic carbocycles. The maximum atomic E-state index is 2.70. The van der Waals surface area contributed by atoms with E-state index in [0.29, 0.717) is 0 Å². The van der Waals surface area contributed by atoms with Gasteiger partial charge in [-0.3, -0.25) is 0 Å². The van der Waals surface area contributed by atoms with Crippen LogP contribution in [0.2, 0.25) is 12.1 Å². The number of aryl methyl sites for hydroxylation is 2. The fourth-order valence-electron chi connectivity index (χ4n) is 15.0. The van der Waals surface area contributed by atoms with E-state index in [1.165, 1.54) is 85.7 Å². The van der Waals surface area contributed by atoms with Crippen molar-refractivity contribution in [3.05, 3.63) is 252 Å². The van der Waals surface area contributed by atoms with Gasteiger partial charge in [0.05, 0.1) is 0 Å². The normalized spacial score (nSPS) is 16.9. The number of fused-ring (bicyclic) bond motifs is 4. The third-order valence-electron chi connectivity index (χ3n) is 18.1. The highest BCUT2D eigenvalue weighted by atomic mass is 29.2. The molecule has 10 aromatic rings. The monoisotopic (exact) mass is 1080 g/mol. The molecule has 4 heterocycles. The lowest BCUT2D eigenvalue weighted by atomic mass is 9.98. The Bertz CT molecular complexity index is 3530. The summed E-state index contributed by atoms with van der Waals surface area (Å²) in [6.07, 6.45) is 14.0. The van der Waals surface area contributed by atoms with Crippen LogP contribution in [0.5, 0.6) is 0 Å². The minimum Gasteiger partial charge on any atom is -0.237 e. The predicted molar refractivity (Wildman–Crippen MR) is 349 cm³/mol. The molecule has 0 bridgehead atoms. The van der Waals surface area contributed by atoms with E-state index in [2.05, 4.69) is 246 Å². The first kappa shape index (κ1) is 52.3. The minimum atomic E-state index is -2.94. The van der Waals surface area contributed by atoms with E-state index in [0.717, 1.165) is 25.7 Å². The molecule has 390 valence electrons. The smallest absolute Gasteiger partial charge is 0.00692 e. The number of hydrogen-bond donors (Lipinski definition) is 0. The van der Waals surface area contributed by atoms with Crippen molar-refractivity contribution in [2.45, 2.75) is 117 Å². The summed E-state index contributed by atoms with van der Waals surface area (Å²) >= 11 is 0. The first-order chi connectivity index (χ1) is 38.6. The van der Waals surface area contributed by atoms with Gasteiger partial charge in [0, 0.05) is 0 Å². The summed E-state index contributed by atoms with van der Waals surface area (Å²) in [5, 5.41) is 13.5. The number of allylic oxidation sites excluding steroid dienone is 2. The first-order valence-electron chi connectivity index (χ1n) is 29.9. The number of rotatable bonds is 21. The molecular formula is C74H76Si4-2. The summed E-state index contributed by atoms with van der Waals surface area (Å²) in [4.78, 5) is 3.35. The zero-order chi connectivity index (χ0) is 53.1. The maximum absolute atomic E-state index is 2.94. The molecule has 0 saturated heterocycles. The Morgan fingerprint density at radius 2 is 0.615 bits per heavy atom. The Hall–Kier alpha value is -6.41. The highest BCUT2D eigenvalue weighted by molar-refractivity contribution is 7.51. The van der Waals surface area contributed by atoms with E-state index >= 15 is 0 Å². The van der Waals surface area contributed by atoms with E-state index in [-0.39, 0.29) is 0 Å². The molecule has 0 radical (unpaired) electrons. The van der Waals surface area contributed by atoms with Crippen molar-refractivity contribution >= 4 is 83.7 Å². The molecule has 2 aromatic heterocycles. The van der Waals surface area contributed by atoms with Gasteiger partial charge in [-0.1, -0.05) is 338 Å². The van der Waals surface area contributed by atoms with Crippen molar-refractivity contribution < 1.29 is 0 Å². The molecule has 12 rings (SSSR count). The van der Waals surface area contributed by atoms with E-state index in [1.807, 2.05) is 0 Å². The van der Waals surface area contributed by atoms with Gasteiger partial charge in [0.1, 0.15) is 0 Å². The zero-order valence-corrected chi connectivity index (χ0v) is 50.7. The van der Waals surface area contributed by atoms with Gasteiger partial charge in [0.2, 0.25) is 0 Å². The third kappa shape index (κ3) is 8.83. The van der Waals surface area contributed by atoms with Crippen LogP contribution in [0.1, 0.15) is 125 Å². The molecule has 8 aromatic carbocycles. The Balaban J connectivity index is 1.28. The van der Waals surface area contributed by atoms with Crippen LogP contribution >= 0.6 is 0 Å². The van der Waals surface area contributed by atoms with Gasteiger partial charge < -0.3 is 0 Å². The Morgan fingerprint density at radius 1 is 0.308 bits per heavy atom. The molecule has 2 atom stereocenters. The van der Waals surface area contributed by atoms with Gasteiger partial charge >= 0.3 is 0 Å². The third-order valence-corrected chi connectivity index (χ3v) is 44.9. The summed E-state index contributed by atoms with van der Waals surface area (Å²) < 4.78 is 0. The highest BCUT2D eigenvalue weighted by Crippen LogP contribution is 2.54. The lowest BCUT2D eigenvalue weighted by Gasteiger charge is -2.50. The average Bonchev–Trinajstić information content (AvgIpc) is 3.78. The van der Waals surface area contributed by atoms with Crippen LogP contribution in [0.15, 0.2) is 218 Å². The molecule has 0 nitrogen and oxygen atoms in total. The summed E-state index contributed by atoms with van der Waals surface area (Å²) in [7, 11) is -8.97. The summed E-state index contributed by atoms with van der Waals surface area (Å²) in [6, 6.07) is 90.5. The number of benzene rings is 8. The second kappa shape index (κ2) is 23.1. The number of hydrogen-bond acceptors (Lipinski definition) is 0.